The second-order valence-corrected chi connectivity index (χ2v) is 8.54. The largest absolute Gasteiger partial charge is 0.673 e. The van der Waals surface area contributed by atoms with Crippen LogP contribution in [-0.4, -0.2) is 33.4 Å². The van der Waals surface area contributed by atoms with Gasteiger partial charge >= 0.3 is 7.25 Å². The van der Waals surface area contributed by atoms with Gasteiger partial charge in [0.15, 0.2) is 0 Å². The first kappa shape index (κ1) is 14.7. The fourth-order valence-corrected chi connectivity index (χ4v) is 2.01. The van der Waals surface area contributed by atoms with Gasteiger partial charge < -0.3 is 17.3 Å². The molecule has 0 aliphatic rings. The van der Waals surface area contributed by atoms with E-state index in [4.69, 9.17) is 0 Å². The Hall–Kier alpha value is 0.215. The van der Waals surface area contributed by atoms with E-state index in [1.165, 1.54) is 12.6 Å². The minimum absolute atomic E-state index is 0.416. The van der Waals surface area contributed by atoms with Crippen molar-refractivity contribution in [3.8, 4) is 0 Å². The number of rotatable bonds is 2. The van der Waals surface area contributed by atoms with Crippen LogP contribution in [0.1, 0.15) is 13.3 Å². The number of hydrogen-bond donors (Lipinski definition) is 0. The molecule has 0 bridgehead atoms. The molecule has 0 aromatic rings. The molecule has 0 unspecified atom stereocenters. The van der Waals surface area contributed by atoms with Crippen LogP contribution in [0.15, 0.2) is 0 Å². The third-order valence-corrected chi connectivity index (χ3v) is 2.68. The molecule has 0 saturated carbocycles. The predicted octanol–water partition coefficient (Wildman–Crippen LogP) is 3.60. The van der Waals surface area contributed by atoms with E-state index < -0.39 is 14.5 Å². The Kier molecular flexibility index (Phi) is 7.11. The monoisotopic (exact) mass is 206 g/mol. The summed E-state index contributed by atoms with van der Waals surface area (Å²) in [7, 11) is -6.42. The van der Waals surface area contributed by atoms with Crippen molar-refractivity contribution < 1.29 is 17.3 Å². The Morgan fingerprint density at radius 1 is 1.00 bits per heavy atom. The first-order chi connectivity index (χ1) is 5.06. The first-order valence-corrected chi connectivity index (χ1v) is 7.05. The van der Waals surface area contributed by atoms with Crippen LogP contribution in [0.25, 0.3) is 0 Å². The van der Waals surface area contributed by atoms with Gasteiger partial charge in [-0.3, -0.25) is 0 Å². The molecule has 0 saturated heterocycles. The van der Waals surface area contributed by atoms with Crippen LogP contribution in [0.5, 0.6) is 0 Å². The van der Waals surface area contributed by atoms with E-state index in [1.807, 2.05) is 0 Å². The second kappa shape index (κ2) is 5.79. The van der Waals surface area contributed by atoms with Crippen LogP contribution < -0.4 is 0 Å². The minimum Gasteiger partial charge on any atom is -0.418 e. The molecule has 0 rings (SSSR count). The summed E-state index contributed by atoms with van der Waals surface area (Å²) in [5.41, 5.74) is 0. The third kappa shape index (κ3) is 48.8. The maximum absolute atomic E-state index is 9.75. The SMILES string of the molecule is CCC[P+](C)(C)C.F[B-](F)(F)F. The molecule has 0 aromatic heterocycles. The van der Waals surface area contributed by atoms with Crippen LogP contribution in [0, 0.1) is 0 Å². The van der Waals surface area contributed by atoms with Crippen molar-refractivity contribution in [3.05, 3.63) is 0 Å². The van der Waals surface area contributed by atoms with E-state index in [2.05, 4.69) is 26.9 Å². The van der Waals surface area contributed by atoms with Gasteiger partial charge in [-0.2, -0.15) is 0 Å². The topological polar surface area (TPSA) is 0 Å². The van der Waals surface area contributed by atoms with E-state index in [0.717, 1.165) is 0 Å². The van der Waals surface area contributed by atoms with Gasteiger partial charge in [-0.25, -0.2) is 0 Å². The lowest BCUT2D eigenvalue weighted by atomic mass is 10.3. The molecule has 6 heteroatoms. The van der Waals surface area contributed by atoms with Crippen LogP contribution in [-0.2, 0) is 0 Å². The minimum atomic E-state index is -6.00. The number of halogens is 4. The molecule has 0 aliphatic carbocycles. The van der Waals surface area contributed by atoms with E-state index >= 15 is 0 Å². The summed E-state index contributed by atoms with van der Waals surface area (Å²) in [6.07, 6.45) is 2.81. The highest BCUT2D eigenvalue weighted by molar-refractivity contribution is 7.73. The normalized spacial score (nSPS) is 12.0. The van der Waals surface area contributed by atoms with Crippen molar-refractivity contribution in [1.29, 1.82) is 0 Å². The lowest BCUT2D eigenvalue weighted by molar-refractivity contribution is 0.368. The molecular weight excluding hydrogens is 190 g/mol. The summed E-state index contributed by atoms with van der Waals surface area (Å²) in [5.74, 6) is 0. The molecule has 0 spiro atoms. The summed E-state index contributed by atoms with van der Waals surface area (Å²) >= 11 is 0. The van der Waals surface area contributed by atoms with Gasteiger partial charge in [-0.05, 0) is 6.42 Å². The quantitative estimate of drug-likeness (QED) is 0.367. The maximum Gasteiger partial charge on any atom is 0.673 e. The second-order valence-electron chi connectivity index (χ2n) is 3.51. The van der Waals surface area contributed by atoms with Crippen LogP contribution >= 0.6 is 7.26 Å². The summed E-state index contributed by atoms with van der Waals surface area (Å²) in [6.45, 7) is 9.41. The highest BCUT2D eigenvalue weighted by Gasteiger charge is 2.20. The maximum atomic E-state index is 9.75. The standard InChI is InChI=1S/C6H16P.BF4/c1-5-6-7(2,3)4;2-1(3,4)5/h5-6H2,1-4H3;/q+1;-1. The highest BCUT2D eigenvalue weighted by Crippen LogP contribution is 2.46. The summed E-state index contributed by atoms with van der Waals surface area (Å²) in [4.78, 5) is 0. The zero-order chi connectivity index (χ0) is 10.4. The number of hydrogen-bond acceptors (Lipinski definition) is 0. The zero-order valence-corrected chi connectivity index (χ0v) is 8.85. The lowest BCUT2D eigenvalue weighted by Gasteiger charge is -2.08. The molecule has 0 amide bonds. The van der Waals surface area contributed by atoms with Gasteiger partial charge in [-0.1, -0.05) is 6.92 Å². The van der Waals surface area contributed by atoms with E-state index in [9.17, 15) is 17.3 Å². The fraction of sp³-hybridized carbons (Fsp3) is 1.00. The lowest BCUT2D eigenvalue weighted by Crippen LogP contribution is -2.02. The van der Waals surface area contributed by atoms with Gasteiger partial charge in [0.25, 0.3) is 0 Å². The van der Waals surface area contributed by atoms with E-state index in [0.29, 0.717) is 0 Å². The van der Waals surface area contributed by atoms with Crippen molar-refractivity contribution in [2.45, 2.75) is 13.3 Å². The van der Waals surface area contributed by atoms with Crippen LogP contribution in [0.2, 0.25) is 0 Å². The van der Waals surface area contributed by atoms with Crippen LogP contribution in [0.3, 0.4) is 0 Å². The molecular formula is C6H16BF4P. The molecule has 0 N–H and O–H groups in total. The summed E-state index contributed by atoms with van der Waals surface area (Å²) in [6, 6.07) is 0. The Morgan fingerprint density at radius 3 is 1.25 bits per heavy atom. The van der Waals surface area contributed by atoms with Gasteiger partial charge in [0.05, 0.1) is 6.16 Å². The molecule has 76 valence electrons. The average molecular weight is 206 g/mol. The van der Waals surface area contributed by atoms with Gasteiger partial charge in [0.1, 0.15) is 0 Å². The third-order valence-electron chi connectivity index (χ3n) is 0.894. The molecule has 12 heavy (non-hydrogen) atoms. The Labute approximate surface area is 72.2 Å². The molecule has 0 fully saturated rings. The summed E-state index contributed by atoms with van der Waals surface area (Å²) < 4.78 is 39.0. The Balaban J connectivity index is 0. The first-order valence-electron chi connectivity index (χ1n) is 3.74. The molecule has 0 nitrogen and oxygen atoms in total. The molecule has 0 aliphatic heterocycles. The van der Waals surface area contributed by atoms with Crippen molar-refractivity contribution in [2.24, 2.45) is 0 Å². The van der Waals surface area contributed by atoms with Crippen molar-refractivity contribution in [2.75, 3.05) is 26.2 Å². The van der Waals surface area contributed by atoms with E-state index in [-0.39, 0.29) is 0 Å². The highest BCUT2D eigenvalue weighted by atomic mass is 31.2. The van der Waals surface area contributed by atoms with Gasteiger partial charge in [0.2, 0.25) is 0 Å². The zero-order valence-electron chi connectivity index (χ0n) is 7.95. The Morgan fingerprint density at radius 2 is 1.25 bits per heavy atom. The fourth-order valence-electron chi connectivity index (χ4n) is 0.671. The molecule has 0 aromatic carbocycles. The smallest absolute Gasteiger partial charge is 0.418 e. The van der Waals surface area contributed by atoms with Crippen LogP contribution in [0.4, 0.5) is 17.3 Å². The van der Waals surface area contributed by atoms with Gasteiger partial charge in [0, 0.05) is 27.3 Å². The van der Waals surface area contributed by atoms with Crippen molar-refractivity contribution in [3.63, 3.8) is 0 Å². The predicted molar refractivity (Wildman–Crippen MR) is 50.0 cm³/mol. The summed E-state index contributed by atoms with van der Waals surface area (Å²) in [5, 5.41) is 0. The molecule has 0 heterocycles. The van der Waals surface area contributed by atoms with Crippen molar-refractivity contribution in [1.82, 2.24) is 0 Å². The molecule has 0 atom stereocenters. The molecule has 0 radical (unpaired) electrons. The van der Waals surface area contributed by atoms with E-state index in [1.54, 1.807) is 0 Å². The average Bonchev–Trinajstić information content (AvgIpc) is 1.54. The van der Waals surface area contributed by atoms with Crippen molar-refractivity contribution >= 4 is 14.5 Å². The Bertz CT molecular complexity index is 101. The van der Waals surface area contributed by atoms with Gasteiger partial charge in [-0.15, -0.1) is 0 Å².